The van der Waals surface area contributed by atoms with Gasteiger partial charge in [-0.15, -0.1) is 10.1 Å². The zero-order valence-corrected chi connectivity index (χ0v) is 6.44. The van der Waals surface area contributed by atoms with Gasteiger partial charge in [0.2, 0.25) is 5.91 Å². The first-order chi connectivity index (χ1) is 5.04. The first-order valence-corrected chi connectivity index (χ1v) is 3.01. The first kappa shape index (κ1) is 9.67. The molecule has 0 saturated carbocycles. The minimum absolute atomic E-state index is 0.0357. The number of carbonyl (C=O) groups is 1. The third-order valence-corrected chi connectivity index (χ3v) is 1.01. The van der Waals surface area contributed by atoms with E-state index in [4.69, 9.17) is 0 Å². The van der Waals surface area contributed by atoms with Crippen molar-refractivity contribution in [2.24, 2.45) is 0 Å². The molecule has 1 amide bonds. The molecule has 0 saturated heterocycles. The Morgan fingerprint density at radius 2 is 2.18 bits per heavy atom. The van der Waals surface area contributed by atoms with Crippen LogP contribution >= 0.6 is 0 Å². The molecule has 0 aromatic heterocycles. The van der Waals surface area contributed by atoms with Crippen molar-refractivity contribution in [1.82, 2.24) is 4.90 Å². The van der Waals surface area contributed by atoms with E-state index in [1.807, 2.05) is 0 Å². The summed E-state index contributed by atoms with van der Waals surface area (Å²) in [6, 6.07) is 0. The molecule has 64 valence electrons. The molecule has 0 aliphatic heterocycles. The number of carbonyl (C=O) groups excluding carboxylic acids is 1. The van der Waals surface area contributed by atoms with E-state index in [0.717, 1.165) is 0 Å². The minimum atomic E-state index is -0.914. The quantitative estimate of drug-likeness (QED) is 0.419. The maximum Gasteiger partial charge on any atom is 0.294 e. The fourth-order valence-corrected chi connectivity index (χ4v) is 0.431. The third kappa shape index (κ3) is 5.13. The topological polar surface area (TPSA) is 72.7 Å². The van der Waals surface area contributed by atoms with Crippen LogP contribution in [0.1, 0.15) is 6.42 Å². The number of hydrogen-bond acceptors (Lipinski definition) is 4. The molecule has 0 fully saturated rings. The second-order valence-electron chi connectivity index (χ2n) is 2.09. The fraction of sp³-hybridized carbons (Fsp3) is 0.800. The summed E-state index contributed by atoms with van der Waals surface area (Å²) in [6.45, 7) is -0.177. The molecule has 0 aromatic carbocycles. The molecule has 0 aromatic rings. The molecular weight excluding hydrogens is 152 g/mol. The molecule has 11 heavy (non-hydrogen) atoms. The van der Waals surface area contributed by atoms with Crippen LogP contribution in [-0.4, -0.2) is 36.6 Å². The van der Waals surface area contributed by atoms with Gasteiger partial charge in [-0.25, -0.2) is 0 Å². The van der Waals surface area contributed by atoms with Crippen LogP contribution < -0.4 is 0 Å². The van der Waals surface area contributed by atoms with Crippen LogP contribution in [0.5, 0.6) is 0 Å². The molecule has 0 aliphatic carbocycles. The molecule has 6 heteroatoms. The summed E-state index contributed by atoms with van der Waals surface area (Å²) in [7, 11) is 3.16. The Balaban J connectivity index is 3.39. The van der Waals surface area contributed by atoms with E-state index in [1.54, 1.807) is 14.1 Å². The van der Waals surface area contributed by atoms with Gasteiger partial charge in [-0.3, -0.25) is 4.79 Å². The predicted molar refractivity (Wildman–Crippen MR) is 36.3 cm³/mol. The van der Waals surface area contributed by atoms with Crippen molar-refractivity contribution in [2.75, 3.05) is 20.7 Å². The molecule has 6 nitrogen and oxygen atoms in total. The zero-order chi connectivity index (χ0) is 8.85. The summed E-state index contributed by atoms with van der Waals surface area (Å²) >= 11 is 0. The van der Waals surface area contributed by atoms with Gasteiger partial charge in [0.25, 0.3) is 5.09 Å². The van der Waals surface area contributed by atoms with Crippen molar-refractivity contribution >= 4 is 5.91 Å². The highest BCUT2D eigenvalue weighted by Crippen LogP contribution is 1.87. The number of nitrogens with zero attached hydrogens (tertiary/aromatic N) is 2. The summed E-state index contributed by atoms with van der Waals surface area (Å²) in [6.07, 6.45) is 0.0357. The molecular formula is C5H10N2O4. The van der Waals surface area contributed by atoms with Crippen molar-refractivity contribution in [3.8, 4) is 0 Å². The zero-order valence-electron chi connectivity index (χ0n) is 6.44. The highest BCUT2D eigenvalue weighted by atomic mass is 16.9. The lowest BCUT2D eigenvalue weighted by molar-refractivity contribution is -0.757. The van der Waals surface area contributed by atoms with Gasteiger partial charge in [-0.1, -0.05) is 0 Å². The van der Waals surface area contributed by atoms with E-state index in [0.29, 0.717) is 0 Å². The van der Waals surface area contributed by atoms with E-state index in [9.17, 15) is 14.9 Å². The summed E-state index contributed by atoms with van der Waals surface area (Å²) < 4.78 is 0. The molecule has 0 radical (unpaired) electrons. The Kier molecular flexibility index (Phi) is 3.94. The highest BCUT2D eigenvalue weighted by Gasteiger charge is 2.04. The molecule has 0 heterocycles. The Hall–Kier alpha value is -1.33. The van der Waals surface area contributed by atoms with E-state index in [2.05, 4.69) is 4.84 Å². The Bertz CT molecular complexity index is 157. The summed E-state index contributed by atoms with van der Waals surface area (Å²) in [4.78, 5) is 25.6. The van der Waals surface area contributed by atoms with E-state index >= 15 is 0 Å². The fourth-order valence-electron chi connectivity index (χ4n) is 0.431. The van der Waals surface area contributed by atoms with Crippen LogP contribution in [0.25, 0.3) is 0 Å². The van der Waals surface area contributed by atoms with E-state index in [1.165, 1.54) is 4.90 Å². The van der Waals surface area contributed by atoms with Gasteiger partial charge in [-0.2, -0.15) is 0 Å². The second-order valence-corrected chi connectivity index (χ2v) is 2.09. The van der Waals surface area contributed by atoms with Crippen molar-refractivity contribution in [1.29, 1.82) is 0 Å². The number of rotatable bonds is 4. The van der Waals surface area contributed by atoms with Crippen LogP contribution in [0.4, 0.5) is 0 Å². The number of amides is 1. The average Bonchev–Trinajstić information content (AvgIpc) is 1.86. The van der Waals surface area contributed by atoms with E-state index in [-0.39, 0.29) is 18.9 Å². The molecule has 0 unspecified atom stereocenters. The van der Waals surface area contributed by atoms with Gasteiger partial charge < -0.3 is 9.74 Å². The van der Waals surface area contributed by atoms with Gasteiger partial charge in [0.05, 0.1) is 6.42 Å². The van der Waals surface area contributed by atoms with Crippen LogP contribution in [0.15, 0.2) is 0 Å². The van der Waals surface area contributed by atoms with Gasteiger partial charge in [-0.05, 0) is 0 Å². The maximum absolute atomic E-state index is 10.7. The normalized spacial score (nSPS) is 8.91. The lowest BCUT2D eigenvalue weighted by Crippen LogP contribution is -2.23. The van der Waals surface area contributed by atoms with Crippen LogP contribution in [0, 0.1) is 10.1 Å². The van der Waals surface area contributed by atoms with Crippen molar-refractivity contribution < 1.29 is 14.7 Å². The molecule has 0 spiro atoms. The SMILES string of the molecule is CN(C)C(=O)CCO[N+](=O)[O-]. The largest absolute Gasteiger partial charge is 0.349 e. The van der Waals surface area contributed by atoms with Crippen LogP contribution in [-0.2, 0) is 9.63 Å². The van der Waals surface area contributed by atoms with Crippen LogP contribution in [0.3, 0.4) is 0 Å². The average molecular weight is 162 g/mol. The Morgan fingerprint density at radius 3 is 2.55 bits per heavy atom. The van der Waals surface area contributed by atoms with Gasteiger partial charge in [0.1, 0.15) is 6.61 Å². The third-order valence-electron chi connectivity index (χ3n) is 1.01. The standard InChI is InChI=1S/C5H10N2O4/c1-6(2)5(8)3-4-11-7(9)10/h3-4H2,1-2H3. The smallest absolute Gasteiger partial charge is 0.294 e. The van der Waals surface area contributed by atoms with Gasteiger partial charge >= 0.3 is 0 Å². The molecule has 0 N–H and O–H groups in total. The first-order valence-electron chi connectivity index (χ1n) is 3.01. The summed E-state index contributed by atoms with van der Waals surface area (Å²) in [5, 5.41) is 8.70. The van der Waals surface area contributed by atoms with Gasteiger partial charge in [0, 0.05) is 14.1 Å². The minimum Gasteiger partial charge on any atom is -0.349 e. The number of hydrogen-bond donors (Lipinski definition) is 0. The monoisotopic (exact) mass is 162 g/mol. The Labute approximate surface area is 63.8 Å². The van der Waals surface area contributed by atoms with Crippen molar-refractivity contribution in [2.45, 2.75) is 6.42 Å². The van der Waals surface area contributed by atoms with E-state index < -0.39 is 5.09 Å². The molecule has 0 aliphatic rings. The highest BCUT2D eigenvalue weighted by molar-refractivity contribution is 5.75. The van der Waals surface area contributed by atoms with Crippen LogP contribution in [0.2, 0.25) is 0 Å². The predicted octanol–water partition coefficient (Wildman–Crippen LogP) is -0.327. The summed E-state index contributed by atoms with van der Waals surface area (Å²) in [5.74, 6) is -0.188. The van der Waals surface area contributed by atoms with Crippen molar-refractivity contribution in [3.05, 3.63) is 10.1 Å². The molecule has 0 atom stereocenters. The maximum atomic E-state index is 10.7. The summed E-state index contributed by atoms with van der Waals surface area (Å²) in [5.41, 5.74) is 0. The van der Waals surface area contributed by atoms with Gasteiger partial charge in [0.15, 0.2) is 0 Å². The lowest BCUT2D eigenvalue weighted by atomic mass is 10.4. The van der Waals surface area contributed by atoms with Crippen molar-refractivity contribution in [3.63, 3.8) is 0 Å². The lowest BCUT2D eigenvalue weighted by Gasteiger charge is -2.08. The molecule has 0 bridgehead atoms. The molecule has 0 rings (SSSR count). The Morgan fingerprint density at radius 1 is 1.64 bits per heavy atom. The second kappa shape index (κ2) is 4.48.